The highest BCUT2D eigenvalue weighted by Gasteiger charge is 2.36. The van der Waals surface area contributed by atoms with E-state index in [1.165, 1.54) is 17.0 Å². The first-order valence-electron chi connectivity index (χ1n) is 8.73. The van der Waals surface area contributed by atoms with Crippen molar-refractivity contribution < 1.29 is 18.3 Å². The molecule has 1 unspecified atom stereocenters. The SMILES string of the molecule is O=C(OCCCl)N1CCc2c([nH]c3ccc(Cl)cc23)C1c1cc(F)cc(F)c1. The average molecular weight is 425 g/mol. The number of carbonyl (C=O) groups is 1. The predicted molar refractivity (Wildman–Crippen MR) is 104 cm³/mol. The average Bonchev–Trinajstić information content (AvgIpc) is 3.02. The van der Waals surface area contributed by atoms with Gasteiger partial charge >= 0.3 is 6.09 Å². The number of halogens is 4. The van der Waals surface area contributed by atoms with Crippen LogP contribution in [-0.4, -0.2) is 35.0 Å². The zero-order chi connectivity index (χ0) is 19.8. The third-order valence-electron chi connectivity index (χ3n) is 4.83. The Bertz CT molecular complexity index is 1030. The second-order valence-corrected chi connectivity index (χ2v) is 7.37. The number of rotatable bonds is 3. The van der Waals surface area contributed by atoms with Crippen molar-refractivity contribution in [2.24, 2.45) is 0 Å². The number of aromatic amines is 1. The van der Waals surface area contributed by atoms with Crippen molar-refractivity contribution in [3.8, 4) is 0 Å². The van der Waals surface area contributed by atoms with Gasteiger partial charge in [0.1, 0.15) is 24.3 Å². The molecule has 1 aliphatic rings. The van der Waals surface area contributed by atoms with Crippen molar-refractivity contribution in [1.82, 2.24) is 9.88 Å². The Morgan fingerprint density at radius 1 is 1.21 bits per heavy atom. The second kappa shape index (κ2) is 7.60. The van der Waals surface area contributed by atoms with Gasteiger partial charge in [0.2, 0.25) is 0 Å². The van der Waals surface area contributed by atoms with Gasteiger partial charge in [0, 0.05) is 34.2 Å². The summed E-state index contributed by atoms with van der Waals surface area (Å²) in [5, 5.41) is 1.52. The largest absolute Gasteiger partial charge is 0.448 e. The summed E-state index contributed by atoms with van der Waals surface area (Å²) >= 11 is 11.8. The number of alkyl halides is 1. The number of nitrogens with one attached hydrogen (secondary N) is 1. The van der Waals surface area contributed by atoms with E-state index in [4.69, 9.17) is 27.9 Å². The van der Waals surface area contributed by atoms with Crippen molar-refractivity contribution in [2.75, 3.05) is 19.0 Å². The van der Waals surface area contributed by atoms with Gasteiger partial charge in [0.25, 0.3) is 0 Å². The fourth-order valence-corrected chi connectivity index (χ4v) is 4.00. The maximum atomic E-state index is 13.9. The molecule has 3 aromatic rings. The van der Waals surface area contributed by atoms with Crippen LogP contribution in [0.2, 0.25) is 5.02 Å². The molecule has 1 N–H and O–H groups in total. The van der Waals surface area contributed by atoms with Crippen molar-refractivity contribution >= 4 is 40.2 Å². The van der Waals surface area contributed by atoms with Crippen LogP contribution in [0, 0.1) is 11.6 Å². The first-order valence-corrected chi connectivity index (χ1v) is 9.64. The predicted octanol–water partition coefficient (Wildman–Crippen LogP) is 5.42. The molecule has 1 amide bonds. The molecule has 2 heterocycles. The summed E-state index contributed by atoms with van der Waals surface area (Å²) in [5.41, 5.74) is 2.82. The van der Waals surface area contributed by atoms with Gasteiger partial charge in [-0.25, -0.2) is 13.6 Å². The van der Waals surface area contributed by atoms with Gasteiger partial charge in [-0.05, 0) is 47.9 Å². The van der Waals surface area contributed by atoms with Crippen molar-refractivity contribution in [2.45, 2.75) is 12.5 Å². The molecule has 0 spiro atoms. The number of hydrogen-bond donors (Lipinski definition) is 1. The molecule has 146 valence electrons. The molecule has 4 rings (SSSR count). The maximum Gasteiger partial charge on any atom is 0.410 e. The third kappa shape index (κ3) is 3.42. The molecular formula is C20H16Cl2F2N2O2. The van der Waals surface area contributed by atoms with Crippen LogP contribution in [0.15, 0.2) is 36.4 Å². The monoisotopic (exact) mass is 424 g/mol. The normalized spacial score (nSPS) is 16.3. The van der Waals surface area contributed by atoms with Crippen molar-refractivity contribution in [1.29, 1.82) is 0 Å². The quantitative estimate of drug-likeness (QED) is 0.570. The van der Waals surface area contributed by atoms with Crippen molar-refractivity contribution in [3.63, 3.8) is 0 Å². The van der Waals surface area contributed by atoms with Crippen LogP contribution in [0.3, 0.4) is 0 Å². The summed E-state index contributed by atoms with van der Waals surface area (Å²) in [6.45, 7) is 0.382. The lowest BCUT2D eigenvalue weighted by Gasteiger charge is -2.35. The lowest BCUT2D eigenvalue weighted by atomic mass is 9.92. The highest BCUT2D eigenvalue weighted by Crippen LogP contribution is 2.39. The van der Waals surface area contributed by atoms with E-state index in [0.29, 0.717) is 29.2 Å². The molecule has 0 radical (unpaired) electrons. The molecule has 1 atom stereocenters. The molecule has 8 heteroatoms. The Morgan fingerprint density at radius 3 is 2.68 bits per heavy atom. The lowest BCUT2D eigenvalue weighted by molar-refractivity contribution is 0.0936. The topological polar surface area (TPSA) is 45.3 Å². The number of ether oxygens (including phenoxy) is 1. The first-order chi connectivity index (χ1) is 13.5. The Labute approximate surface area is 170 Å². The molecule has 0 aliphatic carbocycles. The summed E-state index contributed by atoms with van der Waals surface area (Å²) in [6.07, 6.45) is -0.0300. The summed E-state index contributed by atoms with van der Waals surface area (Å²) < 4.78 is 33.0. The van der Waals surface area contributed by atoms with E-state index in [9.17, 15) is 13.6 Å². The minimum atomic E-state index is -0.719. The van der Waals surface area contributed by atoms with Crippen LogP contribution in [0.4, 0.5) is 13.6 Å². The molecule has 0 bridgehead atoms. The number of hydrogen-bond acceptors (Lipinski definition) is 2. The van der Waals surface area contributed by atoms with E-state index in [-0.39, 0.29) is 12.5 Å². The van der Waals surface area contributed by atoms with Gasteiger partial charge in [-0.2, -0.15) is 0 Å². The van der Waals surface area contributed by atoms with Gasteiger partial charge in [-0.3, -0.25) is 4.90 Å². The molecule has 1 aromatic heterocycles. The number of aromatic nitrogens is 1. The Kier molecular flexibility index (Phi) is 5.17. The number of benzene rings is 2. The summed E-state index contributed by atoms with van der Waals surface area (Å²) in [6, 6.07) is 7.98. The molecule has 0 saturated heterocycles. The van der Waals surface area contributed by atoms with Gasteiger partial charge in [0.05, 0.1) is 5.88 Å². The van der Waals surface area contributed by atoms with E-state index < -0.39 is 23.8 Å². The molecule has 0 fully saturated rings. The van der Waals surface area contributed by atoms with E-state index in [0.717, 1.165) is 22.5 Å². The lowest BCUT2D eigenvalue weighted by Crippen LogP contribution is -2.41. The number of H-pyrrole nitrogens is 1. The fraction of sp³-hybridized carbons (Fsp3) is 0.250. The zero-order valence-corrected chi connectivity index (χ0v) is 16.2. The number of amides is 1. The minimum absolute atomic E-state index is 0.0519. The highest BCUT2D eigenvalue weighted by atomic mass is 35.5. The molecular weight excluding hydrogens is 409 g/mol. The fourth-order valence-electron chi connectivity index (χ4n) is 3.75. The van der Waals surface area contributed by atoms with Gasteiger partial charge in [-0.15, -0.1) is 11.6 Å². The van der Waals surface area contributed by atoms with Crippen LogP contribution >= 0.6 is 23.2 Å². The van der Waals surface area contributed by atoms with Crippen LogP contribution in [0.5, 0.6) is 0 Å². The standard InChI is InChI=1S/C20H16Cl2F2N2O2/c21-4-6-28-20(27)26-5-3-15-16-9-12(22)1-2-17(16)25-18(15)19(26)11-7-13(23)10-14(24)8-11/h1-2,7-10,19,25H,3-6H2. The van der Waals surface area contributed by atoms with Gasteiger partial charge < -0.3 is 9.72 Å². The summed E-state index contributed by atoms with van der Waals surface area (Å²) in [5.74, 6) is -1.26. The number of fused-ring (bicyclic) bond motifs is 3. The molecule has 4 nitrogen and oxygen atoms in total. The van der Waals surface area contributed by atoms with E-state index in [2.05, 4.69) is 4.98 Å². The van der Waals surface area contributed by atoms with Crippen molar-refractivity contribution in [3.05, 3.63) is 69.9 Å². The van der Waals surface area contributed by atoms with E-state index >= 15 is 0 Å². The van der Waals surface area contributed by atoms with Crippen LogP contribution in [-0.2, 0) is 11.2 Å². The zero-order valence-electron chi connectivity index (χ0n) is 14.6. The van der Waals surface area contributed by atoms with Crippen LogP contribution in [0.1, 0.15) is 22.9 Å². The smallest absolute Gasteiger partial charge is 0.410 e. The summed E-state index contributed by atoms with van der Waals surface area (Å²) in [4.78, 5) is 17.4. The van der Waals surface area contributed by atoms with E-state index in [1.807, 2.05) is 12.1 Å². The maximum absolute atomic E-state index is 13.9. The Balaban J connectivity index is 1.87. The summed E-state index contributed by atoms with van der Waals surface area (Å²) in [7, 11) is 0. The number of carbonyl (C=O) groups excluding carboxylic acids is 1. The van der Waals surface area contributed by atoms with Gasteiger partial charge in [0.15, 0.2) is 0 Å². The van der Waals surface area contributed by atoms with Crippen LogP contribution in [0.25, 0.3) is 10.9 Å². The molecule has 28 heavy (non-hydrogen) atoms. The van der Waals surface area contributed by atoms with E-state index in [1.54, 1.807) is 6.07 Å². The second-order valence-electron chi connectivity index (χ2n) is 6.56. The Morgan fingerprint density at radius 2 is 1.96 bits per heavy atom. The Hall–Kier alpha value is -2.31. The van der Waals surface area contributed by atoms with Gasteiger partial charge in [-0.1, -0.05) is 11.6 Å². The molecule has 0 saturated carbocycles. The first kappa shape index (κ1) is 19.0. The highest BCUT2D eigenvalue weighted by molar-refractivity contribution is 6.31. The molecule has 2 aromatic carbocycles. The number of nitrogens with zero attached hydrogens (tertiary/aromatic N) is 1. The molecule has 1 aliphatic heterocycles. The third-order valence-corrected chi connectivity index (χ3v) is 5.22. The minimum Gasteiger partial charge on any atom is -0.448 e. The van der Waals surface area contributed by atoms with Crippen LogP contribution < -0.4 is 0 Å².